The molecule has 0 aliphatic heterocycles. The van der Waals surface area contributed by atoms with E-state index in [1.807, 2.05) is 60.0 Å². The molecular formula is C24H19N5OS. The number of hydrogen-bond donors (Lipinski definition) is 1. The van der Waals surface area contributed by atoms with Crippen molar-refractivity contribution in [2.75, 3.05) is 5.73 Å². The number of rotatable bonds is 5. The first-order valence-corrected chi connectivity index (χ1v) is 10.6. The molecule has 0 saturated carbocycles. The van der Waals surface area contributed by atoms with Gasteiger partial charge in [0.1, 0.15) is 16.5 Å². The smallest absolute Gasteiger partial charge is 0.165 e. The molecular weight excluding hydrogens is 406 g/mol. The van der Waals surface area contributed by atoms with Gasteiger partial charge in [-0.1, -0.05) is 53.2 Å². The number of nitrogens with zero attached hydrogens (tertiary/aromatic N) is 4. The second-order valence-electron chi connectivity index (χ2n) is 7.05. The van der Waals surface area contributed by atoms with E-state index in [4.69, 9.17) is 15.5 Å². The number of anilines is 1. The molecule has 0 unspecified atom stereocenters. The van der Waals surface area contributed by atoms with Crippen LogP contribution in [0.2, 0.25) is 0 Å². The van der Waals surface area contributed by atoms with Crippen LogP contribution >= 0.6 is 11.3 Å². The molecule has 2 heterocycles. The molecule has 31 heavy (non-hydrogen) atoms. The Kier molecular flexibility index (Phi) is 4.93. The summed E-state index contributed by atoms with van der Waals surface area (Å²) < 4.78 is 7.45. The summed E-state index contributed by atoms with van der Waals surface area (Å²) in [6.07, 6.45) is 0. The van der Waals surface area contributed by atoms with Gasteiger partial charge in [-0.25, -0.2) is 4.98 Å². The van der Waals surface area contributed by atoms with E-state index >= 15 is 0 Å². The Hall–Kier alpha value is -3.97. The van der Waals surface area contributed by atoms with Gasteiger partial charge < -0.3 is 10.5 Å². The Morgan fingerprint density at radius 3 is 2.32 bits per heavy atom. The first-order chi connectivity index (χ1) is 15.2. The first-order valence-electron chi connectivity index (χ1n) is 9.75. The predicted octanol–water partition coefficient (Wildman–Crippen LogP) is 5.74. The maximum Gasteiger partial charge on any atom is 0.165 e. The lowest BCUT2D eigenvalue weighted by molar-refractivity contribution is 0.482. The van der Waals surface area contributed by atoms with Crippen molar-refractivity contribution in [3.8, 4) is 39.1 Å². The van der Waals surface area contributed by atoms with Gasteiger partial charge in [0.05, 0.1) is 11.4 Å². The molecule has 0 amide bonds. The van der Waals surface area contributed by atoms with Crippen LogP contribution in [-0.4, -0.2) is 20.0 Å². The van der Waals surface area contributed by atoms with Crippen LogP contribution in [0.3, 0.4) is 0 Å². The Balaban J connectivity index is 1.38. The number of nitrogen functional groups attached to an aromatic ring is 1. The van der Waals surface area contributed by atoms with E-state index < -0.39 is 0 Å². The molecule has 7 heteroatoms. The molecule has 0 bridgehead atoms. The summed E-state index contributed by atoms with van der Waals surface area (Å²) >= 11 is 1.50. The minimum absolute atomic E-state index is 0.446. The van der Waals surface area contributed by atoms with Crippen LogP contribution in [0.25, 0.3) is 27.6 Å². The lowest BCUT2D eigenvalue weighted by atomic mass is 10.1. The minimum atomic E-state index is 0.446. The van der Waals surface area contributed by atoms with E-state index in [1.165, 1.54) is 16.9 Å². The van der Waals surface area contributed by atoms with E-state index in [0.717, 1.165) is 33.5 Å². The number of thiazole rings is 1. The zero-order valence-corrected chi connectivity index (χ0v) is 17.6. The van der Waals surface area contributed by atoms with Gasteiger partial charge in [-0.2, -0.15) is 4.68 Å². The molecule has 0 radical (unpaired) electrons. The van der Waals surface area contributed by atoms with Crippen LogP contribution in [0, 0.1) is 6.92 Å². The fourth-order valence-corrected chi connectivity index (χ4v) is 3.97. The quantitative estimate of drug-likeness (QED) is 0.388. The van der Waals surface area contributed by atoms with Gasteiger partial charge in [-0.05, 0) is 43.3 Å². The molecule has 0 fully saturated rings. The van der Waals surface area contributed by atoms with Crippen LogP contribution < -0.4 is 10.5 Å². The highest BCUT2D eigenvalue weighted by molar-refractivity contribution is 7.13. The standard InChI is InChI=1S/C24H19N5OS/c1-16-7-9-17(10-8-16)21-15-31-24(26-21)22-23(25)29(28-27-22)18-11-13-20(14-12-18)30-19-5-3-2-4-6-19/h2-15H,25H2,1H3. The SMILES string of the molecule is Cc1ccc(-c2csc(-c3nnn(-c4ccc(Oc5ccccc5)cc4)c3N)n2)cc1. The Labute approximate surface area is 183 Å². The molecule has 152 valence electrons. The third kappa shape index (κ3) is 3.91. The zero-order chi connectivity index (χ0) is 21.2. The number of benzene rings is 3. The highest BCUT2D eigenvalue weighted by Gasteiger charge is 2.17. The molecule has 3 aromatic carbocycles. The second-order valence-corrected chi connectivity index (χ2v) is 7.91. The van der Waals surface area contributed by atoms with Crippen molar-refractivity contribution < 1.29 is 4.74 Å². The van der Waals surface area contributed by atoms with Gasteiger partial charge >= 0.3 is 0 Å². The van der Waals surface area contributed by atoms with Crippen molar-refractivity contribution in [3.05, 3.63) is 89.8 Å². The Morgan fingerprint density at radius 2 is 1.58 bits per heavy atom. The van der Waals surface area contributed by atoms with Crippen LogP contribution in [-0.2, 0) is 0 Å². The van der Waals surface area contributed by atoms with Crippen LogP contribution in [0.4, 0.5) is 5.82 Å². The third-order valence-corrected chi connectivity index (χ3v) is 5.67. The second kappa shape index (κ2) is 8.04. The van der Waals surface area contributed by atoms with Crippen molar-refractivity contribution in [1.29, 1.82) is 0 Å². The third-order valence-electron chi connectivity index (χ3n) is 4.82. The fraction of sp³-hybridized carbons (Fsp3) is 0.0417. The Bertz CT molecular complexity index is 1310. The molecule has 2 aromatic heterocycles. The van der Waals surface area contributed by atoms with Gasteiger partial charge in [-0.3, -0.25) is 0 Å². The van der Waals surface area contributed by atoms with Crippen LogP contribution in [0.15, 0.2) is 84.2 Å². The van der Waals surface area contributed by atoms with Crippen molar-refractivity contribution >= 4 is 17.2 Å². The van der Waals surface area contributed by atoms with E-state index in [2.05, 4.69) is 41.5 Å². The van der Waals surface area contributed by atoms with Gasteiger partial charge in [0.2, 0.25) is 0 Å². The van der Waals surface area contributed by atoms with E-state index in [1.54, 1.807) is 4.68 Å². The molecule has 0 aliphatic carbocycles. The molecule has 0 spiro atoms. The molecule has 2 N–H and O–H groups in total. The van der Waals surface area contributed by atoms with Gasteiger partial charge in [-0.15, -0.1) is 16.4 Å². The molecule has 5 aromatic rings. The predicted molar refractivity (Wildman–Crippen MR) is 124 cm³/mol. The van der Waals surface area contributed by atoms with Crippen LogP contribution in [0.5, 0.6) is 11.5 Å². The summed E-state index contributed by atoms with van der Waals surface area (Å²) in [6.45, 7) is 2.07. The molecule has 0 aliphatic rings. The topological polar surface area (TPSA) is 78.8 Å². The van der Waals surface area contributed by atoms with Gasteiger partial charge in [0.15, 0.2) is 11.5 Å². The van der Waals surface area contributed by atoms with Crippen molar-refractivity contribution in [2.45, 2.75) is 6.92 Å². The number of para-hydroxylation sites is 1. The number of aryl methyl sites for hydroxylation is 1. The number of nitrogens with two attached hydrogens (primary N) is 1. The molecule has 5 rings (SSSR count). The van der Waals surface area contributed by atoms with Crippen molar-refractivity contribution in [3.63, 3.8) is 0 Å². The normalized spacial score (nSPS) is 10.9. The van der Waals surface area contributed by atoms with E-state index in [-0.39, 0.29) is 0 Å². The summed E-state index contributed by atoms with van der Waals surface area (Å²) in [7, 11) is 0. The fourth-order valence-electron chi connectivity index (χ4n) is 3.15. The van der Waals surface area contributed by atoms with Crippen LogP contribution in [0.1, 0.15) is 5.56 Å². The maximum absolute atomic E-state index is 6.37. The van der Waals surface area contributed by atoms with Crippen molar-refractivity contribution in [2.24, 2.45) is 0 Å². The van der Waals surface area contributed by atoms with Crippen molar-refractivity contribution in [1.82, 2.24) is 20.0 Å². The highest BCUT2D eigenvalue weighted by Crippen LogP contribution is 2.32. The van der Waals surface area contributed by atoms with E-state index in [0.29, 0.717) is 11.5 Å². The largest absolute Gasteiger partial charge is 0.457 e. The number of hydrogen-bond acceptors (Lipinski definition) is 6. The average molecular weight is 426 g/mol. The maximum atomic E-state index is 6.37. The summed E-state index contributed by atoms with van der Waals surface area (Å²) in [5.41, 5.74) is 10.9. The van der Waals surface area contributed by atoms with E-state index in [9.17, 15) is 0 Å². The minimum Gasteiger partial charge on any atom is -0.457 e. The van der Waals surface area contributed by atoms with Gasteiger partial charge in [0, 0.05) is 10.9 Å². The lowest BCUT2D eigenvalue weighted by Crippen LogP contribution is -2.02. The summed E-state index contributed by atoms with van der Waals surface area (Å²) in [4.78, 5) is 4.71. The molecule has 0 saturated heterocycles. The molecule has 0 atom stereocenters. The summed E-state index contributed by atoms with van der Waals surface area (Å²) in [5.74, 6) is 1.96. The monoisotopic (exact) mass is 425 g/mol. The summed E-state index contributed by atoms with van der Waals surface area (Å²) in [5, 5.41) is 11.3. The zero-order valence-electron chi connectivity index (χ0n) is 16.8. The van der Waals surface area contributed by atoms with Gasteiger partial charge in [0.25, 0.3) is 0 Å². The molecule has 6 nitrogen and oxygen atoms in total. The lowest BCUT2D eigenvalue weighted by Gasteiger charge is -2.07. The number of ether oxygens (including phenoxy) is 1. The number of aromatic nitrogens is 4. The highest BCUT2D eigenvalue weighted by atomic mass is 32.1. The average Bonchev–Trinajstić information content (AvgIpc) is 3.42. The first kappa shape index (κ1) is 19.0. The Morgan fingerprint density at radius 1 is 0.871 bits per heavy atom. The summed E-state index contributed by atoms with van der Waals surface area (Å²) in [6, 6.07) is 25.5.